The quantitative estimate of drug-likeness (QED) is 0.879. The second-order valence-electron chi connectivity index (χ2n) is 5.56. The van der Waals surface area contributed by atoms with Crippen LogP contribution >= 0.6 is 23.7 Å². The SMILES string of the molecule is C[C@@H]1CNCCN1C(=O)c1cccc(NC(=O)c2cccs2)c1.Cl. The van der Waals surface area contributed by atoms with E-state index in [4.69, 9.17) is 0 Å². The van der Waals surface area contributed by atoms with E-state index in [-0.39, 0.29) is 30.3 Å². The summed E-state index contributed by atoms with van der Waals surface area (Å²) < 4.78 is 0. The molecule has 1 fully saturated rings. The number of rotatable bonds is 3. The number of benzene rings is 1. The largest absolute Gasteiger partial charge is 0.333 e. The molecule has 2 amide bonds. The predicted octanol–water partition coefficient (Wildman–Crippen LogP) is 2.86. The standard InChI is InChI=1S/C17H19N3O2S.ClH/c1-12-11-18-7-8-20(12)17(22)13-4-2-5-14(10-13)19-16(21)15-6-3-9-23-15;/h2-6,9-10,12,18H,7-8,11H2,1H3,(H,19,21);1H/t12-;/m1./s1. The van der Waals surface area contributed by atoms with Gasteiger partial charge in [-0.2, -0.15) is 0 Å². The van der Waals surface area contributed by atoms with E-state index < -0.39 is 0 Å². The molecule has 0 spiro atoms. The van der Waals surface area contributed by atoms with Crippen molar-refractivity contribution in [2.75, 3.05) is 25.0 Å². The lowest BCUT2D eigenvalue weighted by molar-refractivity contribution is 0.0655. The third kappa shape index (κ3) is 4.14. The van der Waals surface area contributed by atoms with E-state index in [0.717, 1.165) is 13.1 Å². The van der Waals surface area contributed by atoms with Gasteiger partial charge in [0.1, 0.15) is 0 Å². The van der Waals surface area contributed by atoms with Crippen LogP contribution in [0.25, 0.3) is 0 Å². The van der Waals surface area contributed by atoms with Crippen LogP contribution < -0.4 is 10.6 Å². The van der Waals surface area contributed by atoms with Crippen molar-refractivity contribution in [2.45, 2.75) is 13.0 Å². The first kappa shape index (κ1) is 18.4. The summed E-state index contributed by atoms with van der Waals surface area (Å²) in [6.07, 6.45) is 0. The third-order valence-corrected chi connectivity index (χ3v) is 4.74. The summed E-state index contributed by atoms with van der Waals surface area (Å²) in [6, 6.07) is 10.9. The third-order valence-electron chi connectivity index (χ3n) is 3.87. The van der Waals surface area contributed by atoms with Crippen molar-refractivity contribution >= 4 is 41.2 Å². The van der Waals surface area contributed by atoms with Crippen LogP contribution in [0.2, 0.25) is 0 Å². The number of piperazine rings is 1. The van der Waals surface area contributed by atoms with Crippen molar-refractivity contribution in [3.63, 3.8) is 0 Å². The van der Waals surface area contributed by atoms with Crippen molar-refractivity contribution in [3.8, 4) is 0 Å². The molecule has 2 aromatic rings. The molecular weight excluding hydrogens is 346 g/mol. The monoisotopic (exact) mass is 365 g/mol. The Labute approximate surface area is 151 Å². The van der Waals surface area contributed by atoms with Gasteiger partial charge >= 0.3 is 0 Å². The Bertz CT molecular complexity index is 706. The van der Waals surface area contributed by atoms with Crippen molar-refractivity contribution in [1.82, 2.24) is 10.2 Å². The fourth-order valence-corrected chi connectivity index (χ4v) is 3.26. The van der Waals surface area contributed by atoms with E-state index in [1.54, 1.807) is 30.3 Å². The van der Waals surface area contributed by atoms with Crippen molar-refractivity contribution in [3.05, 3.63) is 52.2 Å². The number of halogens is 1. The molecule has 1 aromatic heterocycles. The highest BCUT2D eigenvalue weighted by atomic mass is 35.5. The summed E-state index contributed by atoms with van der Waals surface area (Å²) in [4.78, 5) is 27.3. The van der Waals surface area contributed by atoms with E-state index in [1.807, 2.05) is 23.3 Å². The van der Waals surface area contributed by atoms with Crippen molar-refractivity contribution in [2.24, 2.45) is 0 Å². The van der Waals surface area contributed by atoms with E-state index in [9.17, 15) is 9.59 Å². The molecule has 0 aliphatic carbocycles. The highest BCUT2D eigenvalue weighted by molar-refractivity contribution is 7.12. The Hall–Kier alpha value is -1.89. The molecule has 1 aliphatic heterocycles. The molecule has 24 heavy (non-hydrogen) atoms. The predicted molar refractivity (Wildman–Crippen MR) is 99.3 cm³/mol. The second kappa shape index (κ2) is 8.28. The second-order valence-corrected chi connectivity index (χ2v) is 6.51. The molecule has 0 radical (unpaired) electrons. The molecule has 0 unspecified atom stereocenters. The molecule has 3 rings (SSSR count). The van der Waals surface area contributed by atoms with Gasteiger partial charge in [0.2, 0.25) is 0 Å². The minimum absolute atomic E-state index is 0. The smallest absolute Gasteiger partial charge is 0.265 e. The maximum Gasteiger partial charge on any atom is 0.265 e. The lowest BCUT2D eigenvalue weighted by Gasteiger charge is -2.34. The highest BCUT2D eigenvalue weighted by Gasteiger charge is 2.24. The average Bonchev–Trinajstić information content (AvgIpc) is 3.09. The van der Waals surface area contributed by atoms with Crippen LogP contribution in [0.3, 0.4) is 0 Å². The van der Waals surface area contributed by atoms with Crippen LogP contribution in [0.15, 0.2) is 41.8 Å². The maximum absolute atomic E-state index is 12.7. The van der Waals surface area contributed by atoms with Crippen LogP contribution in [0, 0.1) is 0 Å². The molecule has 0 bridgehead atoms. The fraction of sp³-hybridized carbons (Fsp3) is 0.294. The first-order chi connectivity index (χ1) is 11.1. The molecule has 7 heteroatoms. The maximum atomic E-state index is 12.7. The minimum Gasteiger partial charge on any atom is -0.333 e. The summed E-state index contributed by atoms with van der Waals surface area (Å²) in [7, 11) is 0. The molecule has 1 aliphatic rings. The lowest BCUT2D eigenvalue weighted by atomic mass is 10.1. The first-order valence-electron chi connectivity index (χ1n) is 7.62. The van der Waals surface area contributed by atoms with Crippen molar-refractivity contribution < 1.29 is 9.59 Å². The first-order valence-corrected chi connectivity index (χ1v) is 8.50. The van der Waals surface area contributed by atoms with Gasteiger partial charge in [-0.3, -0.25) is 9.59 Å². The number of amides is 2. The Morgan fingerprint density at radius 1 is 1.29 bits per heavy atom. The molecule has 1 aromatic carbocycles. The van der Waals surface area contributed by atoms with Crippen LogP contribution in [0.1, 0.15) is 27.0 Å². The minimum atomic E-state index is -0.153. The summed E-state index contributed by atoms with van der Waals surface area (Å²) in [6.45, 7) is 4.35. The molecular formula is C17H20ClN3O2S. The van der Waals surface area contributed by atoms with E-state index in [0.29, 0.717) is 22.7 Å². The fourth-order valence-electron chi connectivity index (χ4n) is 2.64. The number of carbonyl (C=O) groups is 2. The lowest BCUT2D eigenvalue weighted by Crippen LogP contribution is -2.52. The molecule has 1 saturated heterocycles. The average molecular weight is 366 g/mol. The van der Waals surface area contributed by atoms with Gasteiger partial charge in [0.15, 0.2) is 0 Å². The Morgan fingerprint density at radius 3 is 2.83 bits per heavy atom. The van der Waals surface area contributed by atoms with Gasteiger partial charge in [-0.25, -0.2) is 0 Å². The number of hydrogen-bond donors (Lipinski definition) is 2. The number of nitrogens with zero attached hydrogens (tertiary/aromatic N) is 1. The number of carbonyl (C=O) groups excluding carboxylic acids is 2. The number of anilines is 1. The zero-order valence-corrected chi connectivity index (χ0v) is 15.0. The van der Waals surface area contributed by atoms with Crippen LogP contribution in [-0.4, -0.2) is 42.4 Å². The van der Waals surface area contributed by atoms with Gasteiger partial charge in [0.05, 0.1) is 4.88 Å². The van der Waals surface area contributed by atoms with Gasteiger partial charge in [-0.15, -0.1) is 23.7 Å². The van der Waals surface area contributed by atoms with Gasteiger partial charge in [0, 0.05) is 36.9 Å². The Morgan fingerprint density at radius 2 is 2.12 bits per heavy atom. The summed E-state index contributed by atoms with van der Waals surface area (Å²) >= 11 is 1.39. The molecule has 2 heterocycles. The summed E-state index contributed by atoms with van der Waals surface area (Å²) in [5, 5.41) is 7.98. The summed E-state index contributed by atoms with van der Waals surface area (Å²) in [5.74, 6) is -0.147. The zero-order chi connectivity index (χ0) is 16.2. The topological polar surface area (TPSA) is 61.4 Å². The Balaban J connectivity index is 0.00000208. The molecule has 1 atom stereocenters. The van der Waals surface area contributed by atoms with Crippen LogP contribution in [-0.2, 0) is 0 Å². The van der Waals surface area contributed by atoms with E-state index >= 15 is 0 Å². The Kier molecular flexibility index (Phi) is 6.36. The van der Waals surface area contributed by atoms with Gasteiger partial charge in [-0.05, 0) is 36.6 Å². The van der Waals surface area contributed by atoms with E-state index in [1.165, 1.54) is 11.3 Å². The molecule has 5 nitrogen and oxygen atoms in total. The number of nitrogens with one attached hydrogen (secondary N) is 2. The highest BCUT2D eigenvalue weighted by Crippen LogP contribution is 2.17. The van der Waals surface area contributed by atoms with E-state index in [2.05, 4.69) is 10.6 Å². The molecule has 128 valence electrons. The van der Waals surface area contributed by atoms with Gasteiger partial charge in [0.25, 0.3) is 11.8 Å². The van der Waals surface area contributed by atoms with Crippen molar-refractivity contribution in [1.29, 1.82) is 0 Å². The van der Waals surface area contributed by atoms with Crippen LogP contribution in [0.5, 0.6) is 0 Å². The normalized spacial score (nSPS) is 17.0. The molecule has 2 N–H and O–H groups in total. The summed E-state index contributed by atoms with van der Waals surface area (Å²) in [5.41, 5.74) is 1.24. The van der Waals surface area contributed by atoms with Gasteiger partial charge in [-0.1, -0.05) is 12.1 Å². The number of thiophene rings is 1. The molecule has 0 saturated carbocycles. The zero-order valence-electron chi connectivity index (χ0n) is 13.3. The number of hydrogen-bond acceptors (Lipinski definition) is 4. The van der Waals surface area contributed by atoms with Gasteiger partial charge < -0.3 is 15.5 Å². The van der Waals surface area contributed by atoms with Crippen LogP contribution in [0.4, 0.5) is 5.69 Å².